The van der Waals surface area contributed by atoms with Crippen LogP contribution in [0.5, 0.6) is 5.75 Å². The molecule has 2 aromatic rings. The van der Waals surface area contributed by atoms with Crippen molar-refractivity contribution in [2.45, 2.75) is 19.4 Å². The van der Waals surface area contributed by atoms with E-state index in [1.807, 2.05) is 6.07 Å². The minimum absolute atomic E-state index is 0.0293. The first kappa shape index (κ1) is 20.1. The van der Waals surface area contributed by atoms with Crippen molar-refractivity contribution in [3.63, 3.8) is 0 Å². The lowest BCUT2D eigenvalue weighted by molar-refractivity contribution is -0.384. The summed E-state index contributed by atoms with van der Waals surface area (Å²) in [5.74, 6) is -0.112. The number of carbonyl (C=O) groups is 2. The molecular weight excluding hydrogens is 410 g/mol. The maximum Gasteiger partial charge on any atom is 0.269 e. The zero-order valence-electron chi connectivity index (χ0n) is 17.2. The van der Waals surface area contributed by atoms with E-state index >= 15 is 0 Å². The number of hydrazone groups is 1. The molecule has 8 nitrogen and oxygen atoms in total. The van der Waals surface area contributed by atoms with Crippen molar-refractivity contribution in [2.24, 2.45) is 28.8 Å². The van der Waals surface area contributed by atoms with Gasteiger partial charge in [-0.3, -0.25) is 19.7 Å². The number of nitro benzene ring substituents is 1. The van der Waals surface area contributed by atoms with Crippen LogP contribution in [0.3, 0.4) is 0 Å². The van der Waals surface area contributed by atoms with E-state index in [1.165, 1.54) is 18.3 Å². The van der Waals surface area contributed by atoms with E-state index in [1.54, 1.807) is 30.3 Å². The van der Waals surface area contributed by atoms with Crippen LogP contribution in [0.4, 0.5) is 5.69 Å². The van der Waals surface area contributed by atoms with Gasteiger partial charge in [0.05, 0.1) is 23.0 Å². The summed E-state index contributed by atoms with van der Waals surface area (Å²) in [6.07, 6.45) is 7.57. The lowest BCUT2D eigenvalue weighted by Crippen LogP contribution is -2.38. The average molecular weight is 431 g/mol. The van der Waals surface area contributed by atoms with Crippen molar-refractivity contribution in [1.82, 2.24) is 5.01 Å². The van der Waals surface area contributed by atoms with Crippen LogP contribution >= 0.6 is 0 Å². The number of carbonyl (C=O) groups excluding carboxylic acids is 2. The molecule has 1 heterocycles. The van der Waals surface area contributed by atoms with Crippen LogP contribution in [-0.4, -0.2) is 28.0 Å². The second kappa shape index (κ2) is 8.03. The Bertz CT molecular complexity index is 1110. The van der Waals surface area contributed by atoms with Gasteiger partial charge in [-0.05, 0) is 60.1 Å². The first-order chi connectivity index (χ1) is 15.5. The van der Waals surface area contributed by atoms with Gasteiger partial charge < -0.3 is 4.74 Å². The van der Waals surface area contributed by atoms with Crippen molar-refractivity contribution in [3.05, 3.63) is 81.9 Å². The summed E-state index contributed by atoms with van der Waals surface area (Å²) < 4.78 is 5.77. The summed E-state index contributed by atoms with van der Waals surface area (Å²) in [6.45, 7) is 0.251. The zero-order valence-corrected chi connectivity index (χ0v) is 17.2. The van der Waals surface area contributed by atoms with Gasteiger partial charge in [0.2, 0.25) is 0 Å². The average Bonchev–Trinajstić information content (AvgIpc) is 3.09. The van der Waals surface area contributed by atoms with Gasteiger partial charge in [0, 0.05) is 12.1 Å². The number of hydrogen-bond acceptors (Lipinski definition) is 6. The molecule has 1 aliphatic heterocycles. The molecule has 1 saturated carbocycles. The van der Waals surface area contributed by atoms with E-state index in [0.717, 1.165) is 23.4 Å². The number of benzene rings is 2. The van der Waals surface area contributed by atoms with E-state index in [4.69, 9.17) is 4.74 Å². The van der Waals surface area contributed by atoms with Crippen molar-refractivity contribution in [1.29, 1.82) is 0 Å². The number of non-ortho nitro benzene ring substituents is 1. The first-order valence-corrected chi connectivity index (χ1v) is 10.6. The molecule has 0 spiro atoms. The largest absolute Gasteiger partial charge is 0.489 e. The molecule has 2 aromatic carbocycles. The summed E-state index contributed by atoms with van der Waals surface area (Å²) in [4.78, 5) is 36.0. The fourth-order valence-electron chi connectivity index (χ4n) is 4.86. The third-order valence-electron chi connectivity index (χ3n) is 6.47. The van der Waals surface area contributed by atoms with E-state index in [9.17, 15) is 19.7 Å². The number of nitrogens with zero attached hydrogens (tertiary/aromatic N) is 3. The van der Waals surface area contributed by atoms with Crippen molar-refractivity contribution in [3.8, 4) is 5.75 Å². The lowest BCUT2D eigenvalue weighted by Gasteiger charge is -2.37. The van der Waals surface area contributed by atoms with E-state index in [-0.39, 0.29) is 47.8 Å². The number of allylic oxidation sites excluding steroid dienone is 2. The normalized spacial score (nSPS) is 26.1. The highest BCUT2D eigenvalue weighted by molar-refractivity contribution is 6.06. The van der Waals surface area contributed by atoms with Crippen molar-refractivity contribution < 1.29 is 19.2 Å². The van der Waals surface area contributed by atoms with Gasteiger partial charge in [-0.25, -0.2) is 0 Å². The molecule has 0 N–H and O–H groups in total. The Morgan fingerprint density at radius 1 is 1.03 bits per heavy atom. The van der Waals surface area contributed by atoms with Crippen LogP contribution in [0.25, 0.3) is 0 Å². The Kier molecular flexibility index (Phi) is 5.05. The Hall–Kier alpha value is -3.81. The van der Waals surface area contributed by atoms with Crippen LogP contribution in [0.1, 0.15) is 24.0 Å². The molecule has 3 aliphatic carbocycles. The maximum atomic E-state index is 12.8. The van der Waals surface area contributed by atoms with Gasteiger partial charge in [0.15, 0.2) is 0 Å². The topological polar surface area (TPSA) is 102 Å². The van der Waals surface area contributed by atoms with Crippen molar-refractivity contribution in [2.75, 3.05) is 0 Å². The molecule has 1 saturated heterocycles. The van der Waals surface area contributed by atoms with Gasteiger partial charge in [-0.1, -0.05) is 24.3 Å². The number of hydrogen-bond donors (Lipinski definition) is 0. The van der Waals surface area contributed by atoms with Crippen LogP contribution in [-0.2, 0) is 16.2 Å². The Labute approximate surface area is 184 Å². The highest BCUT2D eigenvalue weighted by atomic mass is 16.6. The molecule has 0 aromatic heterocycles. The monoisotopic (exact) mass is 431 g/mol. The standard InChI is InChI=1S/C24H21N3O5/c28-23-21-17-6-7-18(9-8-17)22(21)24(29)26(23)25-13-16-2-1-3-20(12-16)32-14-15-4-10-19(11-5-15)27(30)31/h1-7,10-13,17-18,21-22H,8-9,14H2/b25-13-/t17-,18-,21-,22+/m0/s1. The Morgan fingerprint density at radius 3 is 2.28 bits per heavy atom. The van der Waals surface area contributed by atoms with Crippen LogP contribution in [0.15, 0.2) is 65.8 Å². The van der Waals surface area contributed by atoms with Gasteiger partial charge in [-0.2, -0.15) is 10.1 Å². The molecule has 4 aliphatic rings. The van der Waals surface area contributed by atoms with Gasteiger partial charge in [0.25, 0.3) is 17.5 Å². The third-order valence-corrected chi connectivity index (χ3v) is 6.47. The Balaban J connectivity index is 1.25. The van der Waals surface area contributed by atoms with E-state index < -0.39 is 4.92 Å². The number of imide groups is 1. The first-order valence-electron chi connectivity index (χ1n) is 10.6. The fourth-order valence-corrected chi connectivity index (χ4v) is 4.86. The van der Waals surface area contributed by atoms with Crippen LogP contribution in [0.2, 0.25) is 0 Å². The highest BCUT2D eigenvalue weighted by Crippen LogP contribution is 2.49. The van der Waals surface area contributed by atoms with Crippen LogP contribution in [0, 0.1) is 33.8 Å². The van der Waals surface area contributed by atoms with Crippen molar-refractivity contribution >= 4 is 23.7 Å². The predicted octanol–water partition coefficient (Wildman–Crippen LogP) is 3.70. The minimum Gasteiger partial charge on any atom is -0.489 e. The lowest BCUT2D eigenvalue weighted by atomic mass is 9.63. The zero-order chi connectivity index (χ0) is 22.2. The quantitative estimate of drug-likeness (QED) is 0.228. The highest BCUT2D eigenvalue weighted by Gasteiger charge is 2.56. The minimum atomic E-state index is -0.445. The van der Waals surface area contributed by atoms with Crippen LogP contribution < -0.4 is 4.74 Å². The van der Waals surface area contributed by atoms with Gasteiger partial charge in [-0.15, -0.1) is 0 Å². The Morgan fingerprint density at radius 2 is 1.69 bits per heavy atom. The second-order valence-corrected chi connectivity index (χ2v) is 8.36. The summed E-state index contributed by atoms with van der Waals surface area (Å²) in [6, 6.07) is 13.3. The number of ether oxygens (including phenoxy) is 1. The van der Waals surface area contributed by atoms with Gasteiger partial charge >= 0.3 is 0 Å². The summed E-state index contributed by atoms with van der Waals surface area (Å²) in [5, 5.41) is 16.0. The third kappa shape index (κ3) is 3.57. The SMILES string of the molecule is O=C1[C@@H]2[C@H](C(=O)N1/N=C\c1cccc(OCc3ccc([N+](=O)[O-])cc3)c1)[C@H]1C=C[C@H]2CC1. The van der Waals surface area contributed by atoms with E-state index in [2.05, 4.69) is 17.3 Å². The molecule has 0 unspecified atom stereocenters. The predicted molar refractivity (Wildman–Crippen MR) is 116 cm³/mol. The maximum absolute atomic E-state index is 12.8. The number of nitro groups is 1. The van der Waals surface area contributed by atoms with E-state index in [0.29, 0.717) is 11.3 Å². The number of rotatable bonds is 6. The molecule has 4 atom stereocenters. The molecule has 8 heteroatoms. The molecular formula is C24H21N3O5. The van der Waals surface area contributed by atoms with Gasteiger partial charge in [0.1, 0.15) is 12.4 Å². The second-order valence-electron chi connectivity index (χ2n) is 8.36. The molecule has 2 fully saturated rings. The molecule has 162 valence electrons. The molecule has 0 radical (unpaired) electrons. The molecule has 32 heavy (non-hydrogen) atoms. The summed E-state index contributed by atoms with van der Waals surface area (Å²) in [5.41, 5.74) is 1.53. The number of fused-ring (bicyclic) bond motifs is 1. The molecule has 2 bridgehead atoms. The summed E-state index contributed by atoms with van der Waals surface area (Å²) >= 11 is 0. The fraction of sp³-hybridized carbons (Fsp3) is 0.292. The number of amides is 2. The summed E-state index contributed by atoms with van der Waals surface area (Å²) in [7, 11) is 0. The molecule has 6 rings (SSSR count). The molecule has 2 amide bonds. The smallest absolute Gasteiger partial charge is 0.269 e.